The predicted molar refractivity (Wildman–Crippen MR) is 30.0 cm³/mol. The lowest BCUT2D eigenvalue weighted by Gasteiger charge is -2.07. The zero-order valence-corrected chi connectivity index (χ0v) is 5.18. The second-order valence-corrected chi connectivity index (χ2v) is 1.64. The Morgan fingerprint density at radius 1 is 1.75 bits per heavy atom. The molecule has 3 heteroatoms. The minimum Gasteiger partial charge on any atom is -0.369 e. The molecule has 0 atom stereocenters. The lowest BCUT2D eigenvalue weighted by Crippen LogP contribution is -2.25. The summed E-state index contributed by atoms with van der Waals surface area (Å²) >= 11 is 0. The second kappa shape index (κ2) is 3.43. The maximum atomic E-state index is 10.5. The quantitative estimate of drug-likeness (QED) is 0.503. The number of ether oxygens (including phenoxy) is 1. The average Bonchev–Trinajstić information content (AvgIpc) is 1.67. The van der Waals surface area contributed by atoms with Gasteiger partial charge in [-0.3, -0.25) is 4.79 Å². The molecule has 8 heavy (non-hydrogen) atoms. The van der Waals surface area contributed by atoms with Crippen LogP contribution < -0.4 is 0 Å². The zero-order chi connectivity index (χ0) is 6.57. The van der Waals surface area contributed by atoms with Gasteiger partial charge in [0.2, 0.25) is 5.91 Å². The highest BCUT2D eigenvalue weighted by atomic mass is 16.5. The number of amides is 1. The molecule has 0 heterocycles. The Morgan fingerprint density at radius 2 is 2.25 bits per heavy atom. The third-order valence-corrected chi connectivity index (χ3v) is 0.724. The lowest BCUT2D eigenvalue weighted by atomic mass is 10.6. The van der Waals surface area contributed by atoms with Crippen molar-refractivity contribution in [3.63, 3.8) is 0 Å². The van der Waals surface area contributed by atoms with Gasteiger partial charge in [0.25, 0.3) is 0 Å². The Kier molecular flexibility index (Phi) is 3.19. The van der Waals surface area contributed by atoms with Crippen molar-refractivity contribution in [3.05, 3.63) is 7.11 Å². The van der Waals surface area contributed by atoms with Crippen LogP contribution in [0, 0.1) is 7.11 Å². The number of carbonyl (C=O) groups excluding carboxylic acids is 1. The molecule has 0 aromatic rings. The normalized spacial score (nSPS) is 8.88. The topological polar surface area (TPSA) is 29.5 Å². The van der Waals surface area contributed by atoms with Crippen molar-refractivity contribution in [2.75, 3.05) is 20.7 Å². The maximum absolute atomic E-state index is 10.5. The van der Waals surface area contributed by atoms with Gasteiger partial charge in [-0.25, -0.2) is 0 Å². The molecular weight excluding hydrogens is 106 g/mol. The fraction of sp³-hybridized carbons (Fsp3) is 0.600. The van der Waals surface area contributed by atoms with Gasteiger partial charge < -0.3 is 9.64 Å². The third-order valence-electron chi connectivity index (χ3n) is 0.724. The molecule has 1 radical (unpaired) electrons. The Bertz CT molecular complexity index is 80.5. The van der Waals surface area contributed by atoms with Crippen molar-refractivity contribution in [3.8, 4) is 0 Å². The second-order valence-electron chi connectivity index (χ2n) is 1.64. The molecule has 0 rings (SSSR count). The Balaban J connectivity index is 3.33. The van der Waals surface area contributed by atoms with Crippen molar-refractivity contribution < 1.29 is 9.53 Å². The molecule has 0 bridgehead atoms. The van der Waals surface area contributed by atoms with E-state index in [-0.39, 0.29) is 12.5 Å². The summed E-state index contributed by atoms with van der Waals surface area (Å²) in [5.74, 6) is -0.0694. The summed E-state index contributed by atoms with van der Waals surface area (Å²) in [4.78, 5) is 12.0. The van der Waals surface area contributed by atoms with Gasteiger partial charge in [0.15, 0.2) is 0 Å². The SMILES string of the molecule is [CH2]OCC(=O)N(C)C. The summed E-state index contributed by atoms with van der Waals surface area (Å²) in [6.45, 7) is 0.0625. The number of likely N-dealkylation sites (N-methyl/N-ethyl adjacent to an activating group) is 1. The fourth-order valence-electron chi connectivity index (χ4n) is 0.216. The van der Waals surface area contributed by atoms with Crippen LogP contribution in [0.3, 0.4) is 0 Å². The van der Waals surface area contributed by atoms with E-state index in [2.05, 4.69) is 11.8 Å². The summed E-state index contributed by atoms with van der Waals surface area (Å²) in [5, 5.41) is 0. The van der Waals surface area contributed by atoms with Gasteiger partial charge in [-0.1, -0.05) is 0 Å². The van der Waals surface area contributed by atoms with Crippen LogP contribution >= 0.6 is 0 Å². The molecule has 0 N–H and O–H groups in total. The molecule has 0 spiro atoms. The highest BCUT2D eigenvalue weighted by Crippen LogP contribution is 1.77. The largest absolute Gasteiger partial charge is 0.369 e. The molecule has 47 valence electrons. The van der Waals surface area contributed by atoms with Crippen molar-refractivity contribution in [1.29, 1.82) is 0 Å². The number of carbonyl (C=O) groups is 1. The van der Waals surface area contributed by atoms with Crippen LogP contribution in [0.25, 0.3) is 0 Å². The van der Waals surface area contributed by atoms with E-state index < -0.39 is 0 Å². The van der Waals surface area contributed by atoms with E-state index in [9.17, 15) is 4.79 Å². The molecule has 0 saturated heterocycles. The van der Waals surface area contributed by atoms with Crippen LogP contribution in [0.1, 0.15) is 0 Å². The highest BCUT2D eigenvalue weighted by molar-refractivity contribution is 5.76. The van der Waals surface area contributed by atoms with Crippen LogP contribution in [0.5, 0.6) is 0 Å². The molecule has 0 unspecified atom stereocenters. The Hall–Kier alpha value is -0.570. The number of hydrogen-bond donors (Lipinski definition) is 0. The number of hydrogen-bond acceptors (Lipinski definition) is 2. The van der Waals surface area contributed by atoms with E-state index in [0.29, 0.717) is 0 Å². The maximum Gasteiger partial charge on any atom is 0.248 e. The van der Waals surface area contributed by atoms with Crippen molar-refractivity contribution >= 4 is 5.91 Å². The van der Waals surface area contributed by atoms with Gasteiger partial charge >= 0.3 is 0 Å². The smallest absolute Gasteiger partial charge is 0.248 e. The van der Waals surface area contributed by atoms with E-state index in [1.54, 1.807) is 14.1 Å². The standard InChI is InChI=1S/C5H10NO2/c1-6(2)5(7)4-8-3/h3-4H2,1-2H3. The number of nitrogens with zero attached hydrogens (tertiary/aromatic N) is 1. The fourth-order valence-corrected chi connectivity index (χ4v) is 0.216. The highest BCUT2D eigenvalue weighted by Gasteiger charge is 1.99. The molecular formula is C5H10NO2. The molecule has 0 aromatic carbocycles. The van der Waals surface area contributed by atoms with Gasteiger partial charge in [0.1, 0.15) is 6.61 Å². The number of rotatable bonds is 2. The van der Waals surface area contributed by atoms with E-state index in [4.69, 9.17) is 0 Å². The molecule has 3 nitrogen and oxygen atoms in total. The Labute approximate surface area is 49.2 Å². The summed E-state index contributed by atoms with van der Waals surface area (Å²) in [6.07, 6.45) is 0. The van der Waals surface area contributed by atoms with Crippen molar-refractivity contribution in [2.24, 2.45) is 0 Å². The summed E-state index contributed by atoms with van der Waals surface area (Å²) < 4.78 is 4.32. The van der Waals surface area contributed by atoms with Crippen LogP contribution in [0.4, 0.5) is 0 Å². The monoisotopic (exact) mass is 116 g/mol. The van der Waals surface area contributed by atoms with E-state index in [0.717, 1.165) is 0 Å². The Morgan fingerprint density at radius 3 is 2.38 bits per heavy atom. The van der Waals surface area contributed by atoms with Crippen LogP contribution in [-0.4, -0.2) is 31.5 Å². The van der Waals surface area contributed by atoms with E-state index in [1.807, 2.05) is 0 Å². The van der Waals surface area contributed by atoms with Gasteiger partial charge in [0, 0.05) is 14.1 Å². The van der Waals surface area contributed by atoms with E-state index >= 15 is 0 Å². The molecule has 1 amide bonds. The zero-order valence-electron chi connectivity index (χ0n) is 5.18. The van der Waals surface area contributed by atoms with Crippen LogP contribution in [0.2, 0.25) is 0 Å². The lowest BCUT2D eigenvalue weighted by molar-refractivity contribution is -0.131. The molecule has 0 aliphatic rings. The third kappa shape index (κ3) is 2.58. The van der Waals surface area contributed by atoms with Gasteiger partial charge in [-0.05, 0) is 0 Å². The van der Waals surface area contributed by atoms with Gasteiger partial charge in [0.05, 0.1) is 7.11 Å². The first kappa shape index (κ1) is 7.43. The summed E-state index contributed by atoms with van der Waals surface area (Å²) in [7, 11) is 6.40. The first-order valence-corrected chi connectivity index (χ1v) is 2.25. The molecule has 0 fully saturated rings. The summed E-state index contributed by atoms with van der Waals surface area (Å²) in [6, 6.07) is 0. The first-order chi connectivity index (χ1) is 3.68. The summed E-state index contributed by atoms with van der Waals surface area (Å²) in [5.41, 5.74) is 0. The molecule has 0 aliphatic heterocycles. The molecule has 0 aliphatic carbocycles. The van der Waals surface area contributed by atoms with Crippen molar-refractivity contribution in [1.82, 2.24) is 4.90 Å². The minimum atomic E-state index is -0.0694. The molecule has 0 saturated carbocycles. The average molecular weight is 116 g/mol. The van der Waals surface area contributed by atoms with Crippen LogP contribution in [-0.2, 0) is 9.53 Å². The van der Waals surface area contributed by atoms with E-state index in [1.165, 1.54) is 4.90 Å². The van der Waals surface area contributed by atoms with Gasteiger partial charge in [-0.2, -0.15) is 0 Å². The van der Waals surface area contributed by atoms with Gasteiger partial charge in [-0.15, -0.1) is 0 Å². The molecule has 0 aromatic heterocycles. The first-order valence-electron chi connectivity index (χ1n) is 2.25. The minimum absolute atomic E-state index is 0.0625. The van der Waals surface area contributed by atoms with Crippen LogP contribution in [0.15, 0.2) is 0 Å². The van der Waals surface area contributed by atoms with Crippen molar-refractivity contribution in [2.45, 2.75) is 0 Å². The predicted octanol–water partition coefficient (Wildman–Crippen LogP) is -0.117.